The van der Waals surface area contributed by atoms with E-state index in [-0.39, 0.29) is 35.0 Å². The second-order valence-electron chi connectivity index (χ2n) is 9.37. The number of carbonyl (C=O) groups is 1. The summed E-state index contributed by atoms with van der Waals surface area (Å²) < 4.78 is 43.1. The van der Waals surface area contributed by atoms with Gasteiger partial charge in [0.05, 0.1) is 29.7 Å². The van der Waals surface area contributed by atoms with E-state index in [1.54, 1.807) is 29.2 Å². The molecule has 186 valence electrons. The van der Waals surface area contributed by atoms with E-state index in [2.05, 4.69) is 9.97 Å². The largest absolute Gasteiger partial charge is 0.473 e. The second-order valence-corrected chi connectivity index (χ2v) is 11.4. The van der Waals surface area contributed by atoms with E-state index >= 15 is 0 Å². The second kappa shape index (κ2) is 9.12. The lowest BCUT2D eigenvalue weighted by Crippen LogP contribution is -2.58. The third kappa shape index (κ3) is 4.83. The number of nitrogens with zero attached hydrogens (tertiary/aromatic N) is 4. The molecule has 4 heterocycles. The molecule has 2 bridgehead atoms. The Kier molecular flexibility index (Phi) is 6.14. The number of hydrogen-bond donors (Lipinski definition) is 0. The lowest BCUT2D eigenvalue weighted by atomic mass is 9.84. The highest BCUT2D eigenvalue weighted by atomic mass is 32.2. The van der Waals surface area contributed by atoms with Crippen molar-refractivity contribution in [3.8, 4) is 11.7 Å². The molecule has 11 heteroatoms. The molecule has 10 nitrogen and oxygen atoms in total. The smallest absolute Gasteiger partial charge is 0.410 e. The number of rotatable bonds is 5. The lowest BCUT2D eigenvalue weighted by Gasteiger charge is -2.45. The monoisotopic (exact) mass is 500 g/mol. The Morgan fingerprint density at radius 3 is 2.54 bits per heavy atom. The fourth-order valence-corrected chi connectivity index (χ4v) is 5.39. The number of piperidine rings is 1. The predicted molar refractivity (Wildman–Crippen MR) is 127 cm³/mol. The molecule has 1 amide bonds. The summed E-state index contributed by atoms with van der Waals surface area (Å²) in [5, 5.41) is 0.793. The number of fused-ring (bicyclic) bond motifs is 3. The van der Waals surface area contributed by atoms with E-state index in [9.17, 15) is 13.2 Å². The van der Waals surface area contributed by atoms with Crippen molar-refractivity contribution in [1.82, 2.24) is 19.4 Å². The Labute approximate surface area is 203 Å². The fraction of sp³-hybridized carbons (Fsp3) is 0.458. The van der Waals surface area contributed by atoms with E-state index in [1.807, 2.05) is 30.7 Å². The highest BCUT2D eigenvalue weighted by Crippen LogP contribution is 2.32. The summed E-state index contributed by atoms with van der Waals surface area (Å²) in [6.07, 6.45) is 3.85. The van der Waals surface area contributed by atoms with Crippen LogP contribution in [0.4, 0.5) is 4.79 Å². The molecule has 2 unspecified atom stereocenters. The summed E-state index contributed by atoms with van der Waals surface area (Å²) in [4.78, 5) is 23.1. The van der Waals surface area contributed by atoms with Gasteiger partial charge in [-0.1, -0.05) is 0 Å². The van der Waals surface area contributed by atoms with Crippen LogP contribution in [0.5, 0.6) is 5.88 Å². The maximum absolute atomic E-state index is 12.4. The molecule has 5 rings (SSSR count). The van der Waals surface area contributed by atoms with Crippen molar-refractivity contribution in [2.24, 2.45) is 11.8 Å². The molecule has 2 aromatic heterocycles. The number of aromatic nitrogens is 3. The Morgan fingerprint density at radius 1 is 1.11 bits per heavy atom. The average Bonchev–Trinajstić information content (AvgIpc) is 3.21. The number of carbonyl (C=O) groups excluding carboxylic acids is 1. The van der Waals surface area contributed by atoms with Crippen molar-refractivity contribution < 1.29 is 27.4 Å². The molecular weight excluding hydrogens is 472 g/mol. The van der Waals surface area contributed by atoms with E-state index in [0.29, 0.717) is 38.0 Å². The van der Waals surface area contributed by atoms with Crippen LogP contribution in [-0.2, 0) is 19.3 Å². The molecule has 2 fully saturated rings. The van der Waals surface area contributed by atoms with Gasteiger partial charge in [0.15, 0.2) is 9.84 Å². The molecule has 2 aliphatic rings. The number of hydrogen-bond acceptors (Lipinski definition) is 8. The first-order valence-electron chi connectivity index (χ1n) is 11.5. The lowest BCUT2D eigenvalue weighted by molar-refractivity contribution is -0.111. The molecule has 0 aliphatic carbocycles. The van der Waals surface area contributed by atoms with Gasteiger partial charge in [-0.05, 0) is 38.1 Å². The molecule has 2 saturated heterocycles. The minimum absolute atomic E-state index is 0.00227. The van der Waals surface area contributed by atoms with Gasteiger partial charge in [-0.3, -0.25) is 0 Å². The van der Waals surface area contributed by atoms with Gasteiger partial charge >= 0.3 is 6.09 Å². The molecule has 2 atom stereocenters. The topological polar surface area (TPSA) is 113 Å². The predicted octanol–water partition coefficient (Wildman–Crippen LogP) is 2.69. The van der Waals surface area contributed by atoms with Crippen molar-refractivity contribution in [3.63, 3.8) is 0 Å². The molecule has 35 heavy (non-hydrogen) atoms. The van der Waals surface area contributed by atoms with Crippen LogP contribution in [0.25, 0.3) is 16.7 Å². The standard InChI is InChI=1S/C24H28N4O6S/c1-15(2)33-24(29)27-10-17-12-32-13-18(11-27)23(17)34-22-9-21(25-14-26-22)28-7-6-16-8-19(35(3,30)31)4-5-20(16)28/h4-9,14-15,17-18,23H,10-13H2,1-3H3. The van der Waals surface area contributed by atoms with Crippen LogP contribution in [0.2, 0.25) is 0 Å². The van der Waals surface area contributed by atoms with Gasteiger partial charge in [0.25, 0.3) is 0 Å². The molecule has 0 spiro atoms. The van der Waals surface area contributed by atoms with Crippen molar-refractivity contribution in [2.75, 3.05) is 32.6 Å². The van der Waals surface area contributed by atoms with Crippen LogP contribution in [0.1, 0.15) is 13.8 Å². The first-order chi connectivity index (χ1) is 16.7. The Bertz CT molecular complexity index is 1340. The summed E-state index contributed by atoms with van der Waals surface area (Å²) in [7, 11) is -3.29. The van der Waals surface area contributed by atoms with Gasteiger partial charge in [0, 0.05) is 48.8 Å². The van der Waals surface area contributed by atoms with E-state index in [4.69, 9.17) is 14.2 Å². The Hall–Kier alpha value is -3.18. The number of benzene rings is 1. The third-order valence-electron chi connectivity index (χ3n) is 6.32. The van der Waals surface area contributed by atoms with E-state index in [0.717, 1.165) is 10.9 Å². The number of amides is 1. The van der Waals surface area contributed by atoms with Gasteiger partial charge in [0.1, 0.15) is 18.2 Å². The van der Waals surface area contributed by atoms with Crippen molar-refractivity contribution in [1.29, 1.82) is 0 Å². The summed E-state index contributed by atoms with van der Waals surface area (Å²) in [6, 6.07) is 8.62. The molecule has 3 aromatic rings. The maximum atomic E-state index is 12.4. The minimum atomic E-state index is -3.29. The van der Waals surface area contributed by atoms with Crippen molar-refractivity contribution in [2.45, 2.75) is 31.0 Å². The molecule has 0 saturated carbocycles. The number of sulfone groups is 1. The fourth-order valence-electron chi connectivity index (χ4n) is 4.73. The number of likely N-dealkylation sites (tertiary alicyclic amines) is 1. The minimum Gasteiger partial charge on any atom is -0.473 e. The maximum Gasteiger partial charge on any atom is 0.410 e. The highest BCUT2D eigenvalue weighted by Gasteiger charge is 2.44. The zero-order chi connectivity index (χ0) is 24.7. The Balaban J connectivity index is 1.36. The van der Waals surface area contributed by atoms with E-state index < -0.39 is 9.84 Å². The molecule has 1 aromatic carbocycles. The zero-order valence-electron chi connectivity index (χ0n) is 19.8. The molecule has 0 radical (unpaired) electrons. The first kappa shape index (κ1) is 23.6. The first-order valence-corrected chi connectivity index (χ1v) is 13.4. The molecule has 0 N–H and O–H groups in total. The van der Waals surface area contributed by atoms with Crippen LogP contribution >= 0.6 is 0 Å². The van der Waals surface area contributed by atoms with Crippen LogP contribution in [0.15, 0.2) is 47.8 Å². The van der Waals surface area contributed by atoms with Gasteiger partial charge in [0.2, 0.25) is 5.88 Å². The summed E-state index contributed by atoms with van der Waals surface area (Å²) >= 11 is 0. The normalized spacial score (nSPS) is 22.4. The Morgan fingerprint density at radius 2 is 1.86 bits per heavy atom. The van der Waals surface area contributed by atoms with E-state index in [1.165, 1.54) is 12.6 Å². The van der Waals surface area contributed by atoms with Gasteiger partial charge < -0.3 is 23.7 Å². The van der Waals surface area contributed by atoms with Gasteiger partial charge in [-0.2, -0.15) is 0 Å². The molecular formula is C24H28N4O6S. The average molecular weight is 501 g/mol. The highest BCUT2D eigenvalue weighted by molar-refractivity contribution is 7.90. The summed E-state index contributed by atoms with van der Waals surface area (Å²) in [6.45, 7) is 5.65. The van der Waals surface area contributed by atoms with Crippen molar-refractivity contribution in [3.05, 3.63) is 42.9 Å². The SMILES string of the molecule is CC(C)OC(=O)N1CC2COCC(C1)C2Oc1cc(-n2ccc3cc(S(C)(=O)=O)ccc32)ncn1. The summed E-state index contributed by atoms with van der Waals surface area (Å²) in [5.41, 5.74) is 0.823. The van der Waals surface area contributed by atoms with Crippen LogP contribution in [0, 0.1) is 11.8 Å². The van der Waals surface area contributed by atoms with Crippen LogP contribution in [-0.4, -0.2) is 78.7 Å². The van der Waals surface area contributed by atoms with Crippen molar-refractivity contribution >= 4 is 26.8 Å². The number of ether oxygens (including phenoxy) is 3. The van der Waals surface area contributed by atoms with Gasteiger partial charge in [-0.15, -0.1) is 0 Å². The summed E-state index contributed by atoms with van der Waals surface area (Å²) in [5.74, 6) is 1.05. The van der Waals surface area contributed by atoms with Crippen LogP contribution in [0.3, 0.4) is 0 Å². The van der Waals surface area contributed by atoms with Crippen LogP contribution < -0.4 is 4.74 Å². The molecule has 2 aliphatic heterocycles. The zero-order valence-corrected chi connectivity index (χ0v) is 20.6. The third-order valence-corrected chi connectivity index (χ3v) is 7.43. The van der Waals surface area contributed by atoms with Gasteiger partial charge in [-0.25, -0.2) is 23.2 Å². The quantitative estimate of drug-likeness (QED) is 0.526.